The number of hydrogen-bond donors (Lipinski definition) is 8. The Kier molecular flexibility index (Phi) is 22.8. The highest BCUT2D eigenvalue weighted by Gasteiger charge is 2.38. The van der Waals surface area contributed by atoms with Gasteiger partial charge in [-0.2, -0.15) is 0 Å². The molecular weight excluding hydrogens is 805 g/mol. The molecular formula is C43H70N8O7S2. The molecule has 1 aliphatic heterocycles. The maximum atomic E-state index is 14.2. The molecule has 0 unspecified atom stereocenters. The van der Waals surface area contributed by atoms with E-state index in [-0.39, 0.29) is 41.1 Å². The Hall–Kier alpha value is -4.09. The zero-order chi connectivity index (χ0) is 45.1. The molecule has 0 aromatic heterocycles. The van der Waals surface area contributed by atoms with Crippen molar-refractivity contribution in [1.82, 2.24) is 37.2 Å². The molecule has 2 rings (SSSR count). The van der Waals surface area contributed by atoms with Gasteiger partial charge in [-0.1, -0.05) is 147 Å². The van der Waals surface area contributed by atoms with Crippen LogP contribution in [0.2, 0.25) is 0 Å². The summed E-state index contributed by atoms with van der Waals surface area (Å²) < 4.78 is 0. The van der Waals surface area contributed by atoms with Gasteiger partial charge >= 0.3 is 0 Å². The van der Waals surface area contributed by atoms with Gasteiger partial charge in [0.15, 0.2) is 0 Å². The van der Waals surface area contributed by atoms with Crippen LogP contribution >= 0.6 is 21.6 Å². The lowest BCUT2D eigenvalue weighted by Gasteiger charge is -2.33. The average molecular weight is 875 g/mol. The van der Waals surface area contributed by atoms with Gasteiger partial charge in [0.05, 0.1) is 6.04 Å². The number of nitrogens with two attached hydrogens (primary N) is 1. The Labute approximate surface area is 364 Å². The van der Waals surface area contributed by atoms with E-state index in [1.807, 2.05) is 78.8 Å². The number of benzene rings is 1. The van der Waals surface area contributed by atoms with Gasteiger partial charge in [-0.25, -0.2) is 0 Å². The number of carbonyl (C=O) groups excluding carboxylic acids is 7. The highest BCUT2D eigenvalue weighted by Crippen LogP contribution is 2.24. The number of nitrogens with one attached hydrogen (secondary N) is 7. The van der Waals surface area contributed by atoms with E-state index in [0.717, 1.165) is 5.56 Å². The van der Waals surface area contributed by atoms with Gasteiger partial charge in [-0.3, -0.25) is 33.6 Å². The Morgan fingerprint density at radius 1 is 0.650 bits per heavy atom. The van der Waals surface area contributed by atoms with Crippen LogP contribution in [0.25, 0.3) is 6.08 Å². The van der Waals surface area contributed by atoms with Crippen LogP contribution in [0.4, 0.5) is 0 Å². The van der Waals surface area contributed by atoms with Gasteiger partial charge in [-0.15, -0.1) is 0 Å². The van der Waals surface area contributed by atoms with Crippen molar-refractivity contribution in [3.05, 3.63) is 42.1 Å². The molecule has 7 amide bonds. The summed E-state index contributed by atoms with van der Waals surface area (Å²) in [5, 5.41) is 19.8. The summed E-state index contributed by atoms with van der Waals surface area (Å²) in [6.45, 7) is 18.3. The van der Waals surface area contributed by atoms with Crippen molar-refractivity contribution < 1.29 is 33.6 Å². The molecule has 1 fully saturated rings. The lowest BCUT2D eigenvalue weighted by molar-refractivity contribution is -0.137. The van der Waals surface area contributed by atoms with Crippen LogP contribution < -0.4 is 43.0 Å². The SMILES string of the molecule is CC[C@@H](C)[C@@H]1NC(=O)[C@H]([C@@H](C)CC)NC(=O)[C@H]([C@@H](C)CC)NC(=O)[C@H]([C@@H](C)CC)NC(=O)[C@@H](NC(=O)[C@@H](N)C(C)C)CSSC[C@H](C(=O)N/C=C/c2ccccc2)NC1=O. The van der Waals surface area contributed by atoms with Crippen molar-refractivity contribution >= 4 is 69.0 Å². The minimum atomic E-state index is -1.14. The van der Waals surface area contributed by atoms with Gasteiger partial charge in [0.1, 0.15) is 36.3 Å². The molecule has 9 N–H and O–H groups in total. The number of amides is 7. The molecule has 1 saturated heterocycles. The van der Waals surface area contributed by atoms with Crippen molar-refractivity contribution in [2.75, 3.05) is 11.5 Å². The van der Waals surface area contributed by atoms with Crippen LogP contribution in [0.5, 0.6) is 0 Å². The van der Waals surface area contributed by atoms with E-state index in [0.29, 0.717) is 25.7 Å². The van der Waals surface area contributed by atoms with Crippen molar-refractivity contribution in [2.45, 2.75) is 137 Å². The molecule has 336 valence electrons. The third-order valence-corrected chi connectivity index (χ3v) is 13.7. The number of rotatable bonds is 14. The van der Waals surface area contributed by atoms with E-state index < -0.39 is 83.6 Å². The van der Waals surface area contributed by atoms with Crippen LogP contribution in [-0.2, 0) is 33.6 Å². The molecule has 1 aliphatic rings. The van der Waals surface area contributed by atoms with Crippen LogP contribution in [-0.4, -0.2) is 95.1 Å². The van der Waals surface area contributed by atoms with Crippen LogP contribution in [0.1, 0.15) is 100 Å². The van der Waals surface area contributed by atoms with Crippen molar-refractivity contribution in [1.29, 1.82) is 0 Å². The maximum Gasteiger partial charge on any atom is 0.247 e. The second-order valence-corrected chi connectivity index (χ2v) is 18.8. The van der Waals surface area contributed by atoms with Crippen LogP contribution in [0.3, 0.4) is 0 Å². The van der Waals surface area contributed by atoms with E-state index >= 15 is 0 Å². The standard InChI is InChI=1S/C43H70N8O7S2/c1-11-25(7)33-40(55)47-30(37(52)45-21-20-29-18-16-15-17-19-29)22-59-60-23-31(46-39(54)32(44)24(5)6)38(53)48-34(26(8)12-2)41(56)50-36(28(10)14-4)43(58)51-35(27(9)13-3)42(57)49-33/h15-21,24-28,30-36H,11-14,22-23,44H2,1-10H3,(H,45,52)(H,46,54)(H,47,55)(H,48,53)(H,49,57)(H,50,56)(H,51,58)/b21-20+/t25-,26+,27+,28+,30-,31+,32+,33+,34+,35+,36+/m1/s1. The van der Waals surface area contributed by atoms with Gasteiger partial charge in [-0.05, 0) is 41.2 Å². The fourth-order valence-corrected chi connectivity index (χ4v) is 8.43. The quantitative estimate of drug-likeness (QED) is 0.127. The summed E-state index contributed by atoms with van der Waals surface area (Å²) in [6, 6.07) is 1.88. The monoisotopic (exact) mass is 874 g/mol. The Bertz CT molecular complexity index is 1620. The largest absolute Gasteiger partial charge is 0.342 e. The zero-order valence-corrected chi connectivity index (χ0v) is 38.6. The molecule has 0 bridgehead atoms. The van der Waals surface area contributed by atoms with E-state index in [1.165, 1.54) is 27.8 Å². The summed E-state index contributed by atoms with van der Waals surface area (Å²) in [4.78, 5) is 97.6. The van der Waals surface area contributed by atoms with Gasteiger partial charge in [0.2, 0.25) is 41.4 Å². The first-order chi connectivity index (χ1) is 28.4. The molecule has 17 heteroatoms. The Morgan fingerprint density at radius 3 is 1.47 bits per heavy atom. The van der Waals surface area contributed by atoms with Crippen LogP contribution in [0, 0.1) is 29.6 Å². The number of hydrogen-bond acceptors (Lipinski definition) is 10. The minimum Gasteiger partial charge on any atom is -0.342 e. The van der Waals surface area contributed by atoms with Gasteiger partial charge in [0.25, 0.3) is 0 Å². The van der Waals surface area contributed by atoms with Gasteiger partial charge in [0, 0.05) is 17.7 Å². The summed E-state index contributed by atoms with van der Waals surface area (Å²) in [6.07, 6.45) is 5.22. The second-order valence-electron chi connectivity index (χ2n) is 16.2. The molecule has 0 radical (unpaired) electrons. The summed E-state index contributed by atoms with van der Waals surface area (Å²) in [5.74, 6) is -5.71. The molecule has 0 saturated carbocycles. The molecule has 0 spiro atoms. The van der Waals surface area contributed by atoms with Crippen LogP contribution in [0.15, 0.2) is 36.5 Å². The highest BCUT2D eigenvalue weighted by molar-refractivity contribution is 8.76. The molecule has 1 heterocycles. The Balaban J connectivity index is 2.68. The predicted octanol–water partition coefficient (Wildman–Crippen LogP) is 3.25. The lowest BCUT2D eigenvalue weighted by atomic mass is 9.92. The summed E-state index contributed by atoms with van der Waals surface area (Å²) in [7, 11) is 2.39. The second kappa shape index (κ2) is 26.3. The lowest BCUT2D eigenvalue weighted by Crippen LogP contribution is -2.63. The van der Waals surface area contributed by atoms with E-state index in [9.17, 15) is 33.6 Å². The van der Waals surface area contributed by atoms with Crippen molar-refractivity contribution in [2.24, 2.45) is 35.3 Å². The Morgan fingerprint density at radius 2 is 1.05 bits per heavy atom. The minimum absolute atomic E-state index is 0.0124. The fourth-order valence-electron chi connectivity index (χ4n) is 6.11. The first kappa shape index (κ1) is 52.0. The topological polar surface area (TPSA) is 230 Å². The third-order valence-electron chi connectivity index (χ3n) is 11.3. The first-order valence-electron chi connectivity index (χ1n) is 21.2. The average Bonchev–Trinajstić information content (AvgIpc) is 3.24. The highest BCUT2D eigenvalue weighted by atomic mass is 33.1. The smallest absolute Gasteiger partial charge is 0.247 e. The van der Waals surface area contributed by atoms with Crippen molar-refractivity contribution in [3.63, 3.8) is 0 Å². The first-order valence-corrected chi connectivity index (χ1v) is 23.7. The van der Waals surface area contributed by atoms with E-state index in [2.05, 4.69) is 37.2 Å². The van der Waals surface area contributed by atoms with E-state index in [4.69, 9.17) is 5.73 Å². The normalized spacial score (nSPS) is 25.6. The van der Waals surface area contributed by atoms with E-state index in [1.54, 1.807) is 26.8 Å². The predicted molar refractivity (Wildman–Crippen MR) is 241 cm³/mol. The summed E-state index contributed by atoms with van der Waals surface area (Å²) in [5.41, 5.74) is 7.01. The number of carbonyl (C=O) groups is 7. The fraction of sp³-hybridized carbons (Fsp3) is 0.651. The molecule has 1 aromatic rings. The van der Waals surface area contributed by atoms with Crippen molar-refractivity contribution in [3.8, 4) is 0 Å². The molecule has 15 nitrogen and oxygen atoms in total. The molecule has 1 aromatic carbocycles. The molecule has 60 heavy (non-hydrogen) atoms. The molecule has 11 atom stereocenters. The third kappa shape index (κ3) is 16.1. The summed E-state index contributed by atoms with van der Waals surface area (Å²) >= 11 is 0. The zero-order valence-electron chi connectivity index (χ0n) is 37.0. The van der Waals surface area contributed by atoms with Gasteiger partial charge < -0.3 is 43.0 Å². The molecule has 0 aliphatic carbocycles. The maximum absolute atomic E-state index is 14.2.